The van der Waals surface area contributed by atoms with Crippen molar-refractivity contribution in [3.05, 3.63) is 35.4 Å². The Morgan fingerprint density at radius 2 is 1.91 bits per heavy atom. The second-order valence-electron chi connectivity index (χ2n) is 5.77. The van der Waals surface area contributed by atoms with E-state index in [1.165, 1.54) is 10.5 Å². The van der Waals surface area contributed by atoms with Crippen molar-refractivity contribution in [2.75, 3.05) is 19.6 Å². The number of hydrogen-bond donors (Lipinski definition) is 2. The molecule has 2 N–H and O–H groups in total. The zero-order valence-electron chi connectivity index (χ0n) is 12.9. The smallest absolute Gasteiger partial charge is 0.356 e. The number of pyridine rings is 1. The molecule has 23 heavy (non-hydrogen) atoms. The third kappa shape index (κ3) is 2.68. The Bertz CT molecular complexity index is 760. The second-order valence-corrected chi connectivity index (χ2v) is 5.77. The highest BCUT2D eigenvalue weighted by Crippen LogP contribution is 2.30. The fourth-order valence-corrected chi connectivity index (χ4v) is 3.27. The molecule has 3 rings (SSSR count). The fourth-order valence-electron chi connectivity index (χ4n) is 3.27. The summed E-state index contributed by atoms with van der Waals surface area (Å²) < 4.78 is 1.50. The van der Waals surface area contributed by atoms with Crippen molar-refractivity contribution < 1.29 is 19.8 Å². The van der Waals surface area contributed by atoms with E-state index in [9.17, 15) is 19.8 Å². The highest BCUT2D eigenvalue weighted by atomic mass is 16.4. The molecule has 2 aromatic rings. The van der Waals surface area contributed by atoms with E-state index >= 15 is 0 Å². The summed E-state index contributed by atoms with van der Waals surface area (Å²) in [6.45, 7) is 4.91. The van der Waals surface area contributed by atoms with Crippen molar-refractivity contribution in [1.29, 1.82) is 0 Å². The van der Waals surface area contributed by atoms with Gasteiger partial charge in [0.2, 0.25) is 0 Å². The third-order valence-electron chi connectivity index (χ3n) is 4.51. The first kappa shape index (κ1) is 15.5. The molecule has 0 radical (unpaired) electrons. The van der Waals surface area contributed by atoms with Crippen LogP contribution in [0.25, 0.3) is 5.52 Å². The summed E-state index contributed by atoms with van der Waals surface area (Å²) in [6.07, 6.45) is 1.69. The lowest BCUT2D eigenvalue weighted by Gasteiger charge is -2.30. The van der Waals surface area contributed by atoms with E-state index in [4.69, 9.17) is 0 Å². The van der Waals surface area contributed by atoms with Gasteiger partial charge in [-0.15, -0.1) is 0 Å². The summed E-state index contributed by atoms with van der Waals surface area (Å²) in [4.78, 5) is 29.6. The minimum Gasteiger partial charge on any atom is -0.477 e. The first-order valence-corrected chi connectivity index (χ1v) is 7.73. The van der Waals surface area contributed by atoms with Crippen molar-refractivity contribution in [2.24, 2.45) is 0 Å². The quantitative estimate of drug-likeness (QED) is 0.894. The number of carboxylic acid groups (broad SMARTS) is 2. The van der Waals surface area contributed by atoms with Crippen LogP contribution in [0.1, 0.15) is 52.5 Å². The molecule has 0 bridgehead atoms. The van der Waals surface area contributed by atoms with Gasteiger partial charge in [0.15, 0.2) is 5.69 Å². The van der Waals surface area contributed by atoms with Gasteiger partial charge in [0.05, 0.1) is 5.52 Å². The average molecular weight is 317 g/mol. The first-order valence-electron chi connectivity index (χ1n) is 7.73. The molecule has 0 unspecified atom stereocenters. The molecule has 0 aromatic carbocycles. The summed E-state index contributed by atoms with van der Waals surface area (Å²) in [7, 11) is 0. The molecule has 2 aromatic heterocycles. The molecule has 1 aliphatic heterocycles. The summed E-state index contributed by atoms with van der Waals surface area (Å²) >= 11 is 0. The summed E-state index contributed by atoms with van der Waals surface area (Å²) in [5.74, 6) is -1.61. The van der Waals surface area contributed by atoms with Crippen molar-refractivity contribution in [3.8, 4) is 0 Å². The van der Waals surface area contributed by atoms with Crippen LogP contribution in [0.2, 0.25) is 0 Å². The van der Waals surface area contributed by atoms with Gasteiger partial charge >= 0.3 is 11.9 Å². The van der Waals surface area contributed by atoms with Crippen LogP contribution < -0.4 is 0 Å². The standard InChI is InChI=1S/C16H19N3O4/c1-2-18-8-6-10(7-9-18)14-17-13(16(22)23)11-4-3-5-12(15(20)21)19(11)14/h3-5,10H,2,6-9H2,1H3,(H,20,21)(H,22,23). The Balaban J connectivity index is 2.12. The largest absolute Gasteiger partial charge is 0.477 e. The lowest BCUT2D eigenvalue weighted by atomic mass is 9.96. The second kappa shape index (κ2) is 6.00. The number of piperidine rings is 1. The number of nitrogens with zero attached hydrogens (tertiary/aromatic N) is 3. The molecule has 0 atom stereocenters. The number of carbonyl (C=O) groups is 2. The number of aromatic nitrogens is 2. The summed E-state index contributed by atoms with van der Waals surface area (Å²) in [6, 6.07) is 4.64. The predicted octanol–water partition coefficient (Wildman–Crippen LogP) is 1.93. The van der Waals surface area contributed by atoms with E-state index in [0.717, 1.165) is 32.5 Å². The molecule has 0 saturated carbocycles. The van der Waals surface area contributed by atoms with E-state index in [1.54, 1.807) is 12.1 Å². The van der Waals surface area contributed by atoms with Gasteiger partial charge in [0.25, 0.3) is 0 Å². The Hall–Kier alpha value is -2.41. The maximum absolute atomic E-state index is 11.5. The lowest BCUT2D eigenvalue weighted by Crippen LogP contribution is -2.33. The van der Waals surface area contributed by atoms with Crippen LogP contribution in [0.15, 0.2) is 18.2 Å². The van der Waals surface area contributed by atoms with Gasteiger partial charge in [0.1, 0.15) is 11.5 Å². The Morgan fingerprint density at radius 3 is 2.48 bits per heavy atom. The Kier molecular flexibility index (Phi) is 4.04. The molecule has 3 heterocycles. The minimum absolute atomic E-state index is 0.0513. The van der Waals surface area contributed by atoms with Gasteiger partial charge in [-0.1, -0.05) is 13.0 Å². The summed E-state index contributed by atoms with van der Waals surface area (Å²) in [5, 5.41) is 18.8. The average Bonchev–Trinajstić information content (AvgIpc) is 2.94. The zero-order valence-corrected chi connectivity index (χ0v) is 12.9. The van der Waals surface area contributed by atoms with Crippen LogP contribution >= 0.6 is 0 Å². The number of hydrogen-bond acceptors (Lipinski definition) is 4. The number of rotatable bonds is 4. The molecule has 1 aliphatic rings. The molecule has 7 heteroatoms. The maximum Gasteiger partial charge on any atom is 0.356 e. The molecular formula is C16H19N3O4. The SMILES string of the molecule is CCN1CCC(c2nc(C(=O)O)c3cccc(C(=O)O)n23)CC1. The van der Waals surface area contributed by atoms with Gasteiger partial charge in [-0.05, 0) is 44.6 Å². The molecule has 1 saturated heterocycles. The van der Waals surface area contributed by atoms with Crippen molar-refractivity contribution >= 4 is 17.5 Å². The van der Waals surface area contributed by atoms with Crippen LogP contribution in [0, 0.1) is 0 Å². The third-order valence-corrected chi connectivity index (χ3v) is 4.51. The number of carboxylic acids is 2. The maximum atomic E-state index is 11.5. The molecule has 0 amide bonds. The number of likely N-dealkylation sites (tertiary alicyclic amines) is 1. The van der Waals surface area contributed by atoms with Gasteiger partial charge in [-0.3, -0.25) is 4.40 Å². The van der Waals surface area contributed by atoms with E-state index < -0.39 is 11.9 Å². The molecular weight excluding hydrogens is 298 g/mol. The fraction of sp³-hybridized carbons (Fsp3) is 0.438. The minimum atomic E-state index is -1.14. The van der Waals surface area contributed by atoms with Crippen molar-refractivity contribution in [1.82, 2.24) is 14.3 Å². The van der Waals surface area contributed by atoms with E-state index in [1.807, 2.05) is 0 Å². The topological polar surface area (TPSA) is 95.1 Å². The van der Waals surface area contributed by atoms with Crippen LogP contribution in [0.4, 0.5) is 0 Å². The van der Waals surface area contributed by atoms with E-state index in [-0.39, 0.29) is 17.3 Å². The molecule has 122 valence electrons. The van der Waals surface area contributed by atoms with Gasteiger partial charge in [-0.25, -0.2) is 14.6 Å². The molecule has 7 nitrogen and oxygen atoms in total. The van der Waals surface area contributed by atoms with Crippen LogP contribution in [-0.2, 0) is 0 Å². The Morgan fingerprint density at radius 1 is 1.22 bits per heavy atom. The zero-order chi connectivity index (χ0) is 16.6. The highest BCUT2D eigenvalue weighted by molar-refractivity contribution is 5.95. The molecule has 1 fully saturated rings. The number of aromatic carboxylic acids is 2. The lowest BCUT2D eigenvalue weighted by molar-refractivity contribution is 0.0678. The van der Waals surface area contributed by atoms with Gasteiger partial charge in [0, 0.05) is 5.92 Å². The van der Waals surface area contributed by atoms with Crippen LogP contribution in [0.3, 0.4) is 0 Å². The van der Waals surface area contributed by atoms with Crippen molar-refractivity contribution in [2.45, 2.75) is 25.7 Å². The van der Waals surface area contributed by atoms with Crippen LogP contribution in [-0.4, -0.2) is 56.1 Å². The molecule has 0 spiro atoms. The van der Waals surface area contributed by atoms with E-state index in [2.05, 4.69) is 16.8 Å². The number of imidazole rings is 1. The highest BCUT2D eigenvalue weighted by Gasteiger charge is 2.28. The normalized spacial score (nSPS) is 16.7. The monoisotopic (exact) mass is 317 g/mol. The van der Waals surface area contributed by atoms with Crippen LogP contribution in [0.5, 0.6) is 0 Å². The van der Waals surface area contributed by atoms with Gasteiger partial charge in [-0.2, -0.15) is 0 Å². The molecule has 0 aliphatic carbocycles. The Labute approximate surface area is 133 Å². The van der Waals surface area contributed by atoms with Crippen molar-refractivity contribution in [3.63, 3.8) is 0 Å². The van der Waals surface area contributed by atoms with Gasteiger partial charge < -0.3 is 15.1 Å². The number of fused-ring (bicyclic) bond motifs is 1. The summed E-state index contributed by atoms with van der Waals surface area (Å²) in [5.41, 5.74) is 0.307. The van der Waals surface area contributed by atoms with E-state index in [0.29, 0.717) is 11.3 Å². The first-order chi connectivity index (χ1) is 11.0. The predicted molar refractivity (Wildman–Crippen MR) is 83.2 cm³/mol.